The van der Waals surface area contributed by atoms with Crippen LogP contribution in [0.2, 0.25) is 0 Å². The molecule has 0 bridgehead atoms. The lowest BCUT2D eigenvalue weighted by Gasteiger charge is -2.07. The summed E-state index contributed by atoms with van der Waals surface area (Å²) in [5, 5.41) is 3.27. The number of imidazole rings is 1. The molecule has 6 heteroatoms. The maximum absolute atomic E-state index is 5.37. The first-order valence-electron chi connectivity index (χ1n) is 7.28. The Hall–Kier alpha value is -2.63. The molecule has 0 spiro atoms. The fraction of sp³-hybridized carbons (Fsp3) is 0.312. The van der Waals surface area contributed by atoms with Gasteiger partial charge < -0.3 is 14.6 Å². The first-order chi connectivity index (χ1) is 10.7. The number of hydrogen-bond acceptors (Lipinski definition) is 5. The maximum atomic E-state index is 5.37. The molecule has 6 nitrogen and oxygen atoms in total. The number of nitrogens with one attached hydrogen (secondary N) is 1. The maximum Gasteiger partial charge on any atom is 0.218 e. The van der Waals surface area contributed by atoms with Gasteiger partial charge in [-0.25, -0.2) is 15.0 Å². The molecule has 3 aromatic rings. The summed E-state index contributed by atoms with van der Waals surface area (Å²) in [5.74, 6) is 2.25. The lowest BCUT2D eigenvalue weighted by molar-refractivity contribution is 0.326. The van der Waals surface area contributed by atoms with Gasteiger partial charge in [-0.2, -0.15) is 0 Å². The number of para-hydroxylation sites is 1. The summed E-state index contributed by atoms with van der Waals surface area (Å²) in [6, 6.07) is 7.95. The molecule has 3 rings (SSSR count). The summed E-state index contributed by atoms with van der Waals surface area (Å²) in [6.07, 6.45) is 1.49. The summed E-state index contributed by atoms with van der Waals surface area (Å²) >= 11 is 0. The van der Waals surface area contributed by atoms with E-state index in [2.05, 4.69) is 37.8 Å². The minimum absolute atomic E-state index is 0.570. The van der Waals surface area contributed by atoms with Gasteiger partial charge in [0.1, 0.15) is 18.0 Å². The third-order valence-electron chi connectivity index (χ3n) is 3.55. The molecular weight excluding hydrogens is 278 g/mol. The predicted molar refractivity (Wildman–Crippen MR) is 86.0 cm³/mol. The van der Waals surface area contributed by atoms with Gasteiger partial charge in [-0.15, -0.1) is 0 Å². The van der Waals surface area contributed by atoms with E-state index in [9.17, 15) is 0 Å². The van der Waals surface area contributed by atoms with Crippen molar-refractivity contribution in [2.75, 3.05) is 11.9 Å². The second-order valence-corrected chi connectivity index (χ2v) is 5.06. The van der Waals surface area contributed by atoms with Crippen molar-refractivity contribution >= 4 is 16.9 Å². The Kier molecular flexibility index (Phi) is 3.91. The monoisotopic (exact) mass is 297 g/mol. The molecule has 0 radical (unpaired) electrons. The van der Waals surface area contributed by atoms with Gasteiger partial charge >= 0.3 is 0 Å². The molecule has 2 aromatic heterocycles. The van der Waals surface area contributed by atoms with E-state index in [1.807, 2.05) is 26.1 Å². The number of anilines is 1. The minimum atomic E-state index is 0.570. The normalized spacial score (nSPS) is 10.9. The van der Waals surface area contributed by atoms with Gasteiger partial charge in [0.2, 0.25) is 5.88 Å². The average molecular weight is 297 g/mol. The van der Waals surface area contributed by atoms with Gasteiger partial charge in [0, 0.05) is 13.1 Å². The van der Waals surface area contributed by atoms with Gasteiger partial charge in [-0.3, -0.25) is 0 Å². The van der Waals surface area contributed by atoms with E-state index in [1.165, 1.54) is 11.9 Å². The Labute approximate surface area is 129 Å². The van der Waals surface area contributed by atoms with Crippen molar-refractivity contribution in [2.45, 2.75) is 20.4 Å². The highest BCUT2D eigenvalue weighted by Gasteiger charge is 2.09. The minimum Gasteiger partial charge on any atom is -0.478 e. The van der Waals surface area contributed by atoms with Crippen molar-refractivity contribution in [2.24, 2.45) is 7.05 Å². The van der Waals surface area contributed by atoms with E-state index >= 15 is 0 Å². The zero-order valence-corrected chi connectivity index (χ0v) is 13.0. The highest BCUT2D eigenvalue weighted by Crippen LogP contribution is 2.19. The first kappa shape index (κ1) is 14.3. The summed E-state index contributed by atoms with van der Waals surface area (Å²) in [6.45, 7) is 5.20. The van der Waals surface area contributed by atoms with Crippen LogP contribution in [0.1, 0.15) is 18.3 Å². The van der Waals surface area contributed by atoms with Crippen molar-refractivity contribution < 1.29 is 4.74 Å². The number of fused-ring (bicyclic) bond motifs is 1. The lowest BCUT2D eigenvalue weighted by Crippen LogP contribution is -2.07. The third-order valence-corrected chi connectivity index (χ3v) is 3.55. The van der Waals surface area contributed by atoms with E-state index in [0.717, 1.165) is 22.7 Å². The summed E-state index contributed by atoms with van der Waals surface area (Å²) in [4.78, 5) is 12.9. The Morgan fingerprint density at radius 3 is 2.91 bits per heavy atom. The highest BCUT2D eigenvalue weighted by atomic mass is 16.5. The van der Waals surface area contributed by atoms with E-state index in [-0.39, 0.29) is 0 Å². The molecule has 0 fully saturated rings. The number of aromatic nitrogens is 4. The van der Waals surface area contributed by atoms with Crippen LogP contribution in [-0.4, -0.2) is 26.1 Å². The van der Waals surface area contributed by atoms with Gasteiger partial charge in [0.25, 0.3) is 0 Å². The topological polar surface area (TPSA) is 64.9 Å². The lowest BCUT2D eigenvalue weighted by atomic mass is 10.2. The molecule has 1 aromatic carbocycles. The predicted octanol–water partition coefficient (Wildman–Crippen LogP) is 2.68. The fourth-order valence-corrected chi connectivity index (χ4v) is 2.50. The van der Waals surface area contributed by atoms with Crippen LogP contribution in [0.4, 0.5) is 5.82 Å². The van der Waals surface area contributed by atoms with Crippen molar-refractivity contribution in [3.05, 3.63) is 42.0 Å². The number of hydrogen-bond donors (Lipinski definition) is 1. The van der Waals surface area contributed by atoms with Crippen molar-refractivity contribution in [1.82, 2.24) is 19.5 Å². The Morgan fingerprint density at radius 1 is 1.27 bits per heavy atom. The molecule has 0 aliphatic heterocycles. The van der Waals surface area contributed by atoms with E-state index in [0.29, 0.717) is 19.0 Å². The molecule has 2 heterocycles. The number of nitrogens with zero attached hydrogens (tertiary/aromatic N) is 4. The third kappa shape index (κ3) is 2.72. The van der Waals surface area contributed by atoms with Crippen LogP contribution in [0.5, 0.6) is 5.88 Å². The fourth-order valence-electron chi connectivity index (χ4n) is 2.50. The van der Waals surface area contributed by atoms with E-state index in [4.69, 9.17) is 4.74 Å². The molecule has 0 aliphatic carbocycles. The summed E-state index contributed by atoms with van der Waals surface area (Å²) < 4.78 is 7.49. The second kappa shape index (κ2) is 6.01. The van der Waals surface area contributed by atoms with Crippen LogP contribution in [0.25, 0.3) is 11.0 Å². The molecule has 0 saturated carbocycles. The van der Waals surface area contributed by atoms with Crippen molar-refractivity contribution in [3.63, 3.8) is 0 Å². The van der Waals surface area contributed by atoms with Crippen LogP contribution in [0.15, 0.2) is 30.6 Å². The molecule has 0 amide bonds. The van der Waals surface area contributed by atoms with Gasteiger partial charge in [-0.05, 0) is 25.5 Å². The smallest absolute Gasteiger partial charge is 0.218 e. The number of aryl methyl sites for hydroxylation is 2. The van der Waals surface area contributed by atoms with Crippen LogP contribution < -0.4 is 10.1 Å². The van der Waals surface area contributed by atoms with Crippen LogP contribution in [-0.2, 0) is 13.6 Å². The van der Waals surface area contributed by atoms with Crippen LogP contribution in [0.3, 0.4) is 0 Å². The molecule has 114 valence electrons. The zero-order chi connectivity index (χ0) is 15.5. The Morgan fingerprint density at radius 2 is 2.14 bits per heavy atom. The van der Waals surface area contributed by atoms with Crippen LogP contribution in [0, 0.1) is 6.92 Å². The quantitative estimate of drug-likeness (QED) is 0.784. The van der Waals surface area contributed by atoms with Gasteiger partial charge in [0.05, 0.1) is 24.2 Å². The second-order valence-electron chi connectivity index (χ2n) is 5.06. The molecule has 0 atom stereocenters. The molecule has 0 saturated heterocycles. The summed E-state index contributed by atoms with van der Waals surface area (Å²) in [7, 11) is 2.03. The number of benzene rings is 1. The van der Waals surface area contributed by atoms with E-state index < -0.39 is 0 Å². The zero-order valence-electron chi connectivity index (χ0n) is 13.0. The number of ether oxygens (including phenoxy) is 1. The molecule has 0 aliphatic rings. The SMILES string of the molecule is CCOc1cc(NCc2nc3cccc(C)c3n2C)ncn1. The highest BCUT2D eigenvalue weighted by molar-refractivity contribution is 5.79. The van der Waals surface area contributed by atoms with Crippen molar-refractivity contribution in [1.29, 1.82) is 0 Å². The standard InChI is InChI=1S/C16H19N5O/c1-4-22-15-8-13(18-10-19-15)17-9-14-20-12-7-5-6-11(2)16(12)21(14)3/h5-8,10H,4,9H2,1-3H3,(H,17,18,19). The summed E-state index contributed by atoms with van der Waals surface area (Å²) in [5.41, 5.74) is 3.40. The molecule has 0 unspecified atom stereocenters. The Balaban J connectivity index is 1.81. The molecule has 1 N–H and O–H groups in total. The van der Waals surface area contributed by atoms with E-state index in [1.54, 1.807) is 6.07 Å². The molecule has 22 heavy (non-hydrogen) atoms. The van der Waals surface area contributed by atoms with Gasteiger partial charge in [-0.1, -0.05) is 12.1 Å². The van der Waals surface area contributed by atoms with Gasteiger partial charge in [0.15, 0.2) is 0 Å². The van der Waals surface area contributed by atoms with Crippen LogP contribution >= 0.6 is 0 Å². The largest absolute Gasteiger partial charge is 0.478 e. The number of rotatable bonds is 5. The van der Waals surface area contributed by atoms with Crippen molar-refractivity contribution in [3.8, 4) is 5.88 Å². The molecular formula is C16H19N5O. The average Bonchev–Trinajstić information content (AvgIpc) is 2.84. The Bertz CT molecular complexity index is 796. The first-order valence-corrected chi connectivity index (χ1v) is 7.28.